The average Bonchev–Trinajstić information content (AvgIpc) is 2.76. The first-order valence-electron chi connectivity index (χ1n) is 11.5. The zero-order chi connectivity index (χ0) is 25.2. The summed E-state index contributed by atoms with van der Waals surface area (Å²) in [4.78, 5) is 40.0. The number of hydrogen-bond donors (Lipinski definition) is 2. The molecule has 0 amide bonds. The number of aromatic hydroxyl groups is 2. The van der Waals surface area contributed by atoms with Crippen molar-refractivity contribution in [1.82, 2.24) is 0 Å². The molecule has 1 aliphatic carbocycles. The number of ether oxygens (including phenoxy) is 1. The van der Waals surface area contributed by atoms with Crippen molar-refractivity contribution in [2.24, 2.45) is 16.7 Å². The summed E-state index contributed by atoms with van der Waals surface area (Å²) in [6, 6.07) is 10.4. The lowest BCUT2D eigenvalue weighted by molar-refractivity contribution is -0.144. The third kappa shape index (κ3) is 3.35. The molecule has 6 heteroatoms. The molecule has 0 saturated heterocycles. The number of phenols is 2. The summed E-state index contributed by atoms with van der Waals surface area (Å²) in [6.07, 6.45) is 0.137. The number of phenolic OH excluding ortho intramolecular Hbond substituents is 2. The van der Waals surface area contributed by atoms with E-state index < -0.39 is 34.0 Å². The summed E-state index contributed by atoms with van der Waals surface area (Å²) in [6.45, 7) is 10.4. The van der Waals surface area contributed by atoms with Crippen molar-refractivity contribution >= 4 is 17.3 Å². The van der Waals surface area contributed by atoms with E-state index in [9.17, 15) is 24.6 Å². The number of hydrogen-bond acceptors (Lipinski definition) is 6. The molecule has 2 aliphatic rings. The Balaban J connectivity index is 2.06. The van der Waals surface area contributed by atoms with Gasteiger partial charge in [0.1, 0.15) is 28.6 Å². The van der Waals surface area contributed by atoms with Gasteiger partial charge in [-0.15, -0.1) is 0 Å². The highest BCUT2D eigenvalue weighted by Crippen LogP contribution is 2.57. The Morgan fingerprint density at radius 2 is 1.65 bits per heavy atom. The van der Waals surface area contributed by atoms with Gasteiger partial charge >= 0.3 is 0 Å². The molecular formula is C28H30O6. The lowest BCUT2D eigenvalue weighted by Crippen LogP contribution is -2.51. The molecule has 178 valence electrons. The van der Waals surface area contributed by atoms with Crippen LogP contribution in [0.3, 0.4) is 0 Å². The fraction of sp³-hybridized carbons (Fsp3) is 0.393. The minimum absolute atomic E-state index is 0.0188. The van der Waals surface area contributed by atoms with Gasteiger partial charge in [-0.1, -0.05) is 44.2 Å². The highest BCUT2D eigenvalue weighted by molar-refractivity contribution is 6.20. The monoisotopic (exact) mass is 462 g/mol. The molecule has 4 rings (SSSR count). The van der Waals surface area contributed by atoms with Crippen molar-refractivity contribution in [3.05, 3.63) is 64.4 Å². The van der Waals surface area contributed by atoms with E-state index in [4.69, 9.17) is 4.74 Å². The zero-order valence-corrected chi connectivity index (χ0v) is 20.4. The molecule has 0 spiro atoms. The van der Waals surface area contributed by atoms with Crippen molar-refractivity contribution in [3.8, 4) is 17.2 Å². The topological polar surface area (TPSA) is 101 Å². The van der Waals surface area contributed by atoms with Crippen LogP contribution in [0.4, 0.5) is 0 Å². The minimum Gasteiger partial charge on any atom is -0.507 e. The first-order chi connectivity index (χ1) is 15.8. The molecule has 6 nitrogen and oxygen atoms in total. The molecule has 2 aromatic rings. The molecule has 0 saturated carbocycles. The van der Waals surface area contributed by atoms with E-state index in [0.717, 1.165) is 0 Å². The number of Topliss-reactive ketones (excluding diaryl/α,β-unsaturated/α-hetero) is 3. The van der Waals surface area contributed by atoms with Crippen LogP contribution < -0.4 is 4.74 Å². The number of carbonyl (C=O) groups excluding carboxylic acids is 3. The van der Waals surface area contributed by atoms with Gasteiger partial charge in [0, 0.05) is 29.5 Å². The van der Waals surface area contributed by atoms with Crippen LogP contribution in [0.15, 0.2) is 47.7 Å². The van der Waals surface area contributed by atoms with Crippen molar-refractivity contribution in [3.63, 3.8) is 0 Å². The van der Waals surface area contributed by atoms with Crippen molar-refractivity contribution in [2.75, 3.05) is 0 Å². The smallest absolute Gasteiger partial charge is 0.176 e. The van der Waals surface area contributed by atoms with Gasteiger partial charge in [0.05, 0.1) is 10.8 Å². The summed E-state index contributed by atoms with van der Waals surface area (Å²) in [7, 11) is 0. The van der Waals surface area contributed by atoms with Crippen molar-refractivity contribution in [2.45, 2.75) is 53.9 Å². The maximum Gasteiger partial charge on any atom is 0.176 e. The molecule has 1 atom stereocenters. The summed E-state index contributed by atoms with van der Waals surface area (Å²) in [5, 5.41) is 22.0. The second-order valence-electron chi connectivity index (χ2n) is 10.6. The standard InChI is InChI=1S/C28H30O6/c1-14(2)12-16(29)20-17(30)13-18-21(23(20)31)19(15-10-8-7-9-11-15)22-24(32)27(3,4)26(33)28(5,6)25(22)34-18/h7-11,13-14,19,30-31H,12H2,1-6H3. The fourth-order valence-electron chi connectivity index (χ4n) is 5.20. The van der Waals surface area contributed by atoms with E-state index in [-0.39, 0.29) is 52.1 Å². The van der Waals surface area contributed by atoms with Crippen molar-refractivity contribution < 1.29 is 29.3 Å². The molecule has 0 bridgehead atoms. The Morgan fingerprint density at radius 3 is 2.24 bits per heavy atom. The number of benzene rings is 2. The van der Waals surface area contributed by atoms with Crippen LogP contribution in [-0.2, 0) is 9.59 Å². The summed E-state index contributed by atoms with van der Waals surface area (Å²) >= 11 is 0. The first-order valence-corrected chi connectivity index (χ1v) is 11.5. The maximum absolute atomic E-state index is 13.8. The predicted molar refractivity (Wildman–Crippen MR) is 127 cm³/mol. The molecule has 1 aliphatic heterocycles. The van der Waals surface area contributed by atoms with Gasteiger partial charge in [-0.05, 0) is 39.2 Å². The number of fused-ring (bicyclic) bond motifs is 1. The number of ketones is 3. The van der Waals surface area contributed by atoms with Gasteiger partial charge in [-0.2, -0.15) is 0 Å². The molecular weight excluding hydrogens is 432 g/mol. The Hall–Kier alpha value is -3.41. The van der Waals surface area contributed by atoms with Crippen LogP contribution in [0.1, 0.15) is 75.4 Å². The van der Waals surface area contributed by atoms with Crippen LogP contribution >= 0.6 is 0 Å². The van der Waals surface area contributed by atoms with Gasteiger partial charge in [-0.25, -0.2) is 0 Å². The Bertz CT molecular complexity index is 1250. The molecule has 2 aromatic carbocycles. The molecule has 0 radical (unpaired) electrons. The van der Waals surface area contributed by atoms with Crippen LogP contribution in [-0.4, -0.2) is 27.6 Å². The molecule has 1 unspecified atom stereocenters. The van der Waals surface area contributed by atoms with Gasteiger partial charge in [0.15, 0.2) is 17.3 Å². The maximum atomic E-state index is 13.8. The minimum atomic E-state index is -1.29. The van der Waals surface area contributed by atoms with Crippen LogP contribution in [0.2, 0.25) is 0 Å². The first kappa shape index (κ1) is 23.7. The van der Waals surface area contributed by atoms with Crippen molar-refractivity contribution in [1.29, 1.82) is 0 Å². The van der Waals surface area contributed by atoms with Gasteiger partial charge in [-0.3, -0.25) is 14.4 Å². The summed E-state index contributed by atoms with van der Waals surface area (Å²) < 4.78 is 6.12. The molecule has 0 aromatic heterocycles. The Kier molecular flexibility index (Phi) is 5.46. The molecule has 34 heavy (non-hydrogen) atoms. The Morgan fingerprint density at radius 1 is 1.03 bits per heavy atom. The van der Waals surface area contributed by atoms with E-state index in [2.05, 4.69) is 0 Å². The highest BCUT2D eigenvalue weighted by atomic mass is 16.5. The Labute approximate surface area is 199 Å². The number of rotatable bonds is 4. The third-order valence-corrected chi connectivity index (χ3v) is 6.84. The van der Waals surface area contributed by atoms with Gasteiger partial charge in [0.2, 0.25) is 0 Å². The average molecular weight is 463 g/mol. The SMILES string of the molecule is CC(C)CC(=O)c1c(O)cc2c(c1O)C(c1ccccc1)C1=C(O2)C(C)(C)C(=O)C(C)(C)C1=O. The fourth-order valence-corrected chi connectivity index (χ4v) is 5.20. The molecule has 0 fully saturated rings. The van der Waals surface area contributed by atoms with Crippen LogP contribution in [0, 0.1) is 16.7 Å². The molecule has 1 heterocycles. The lowest BCUT2D eigenvalue weighted by atomic mass is 9.59. The number of carbonyl (C=O) groups is 3. The van der Waals surface area contributed by atoms with Gasteiger partial charge < -0.3 is 14.9 Å². The summed E-state index contributed by atoms with van der Waals surface area (Å²) in [5.74, 6) is -2.27. The predicted octanol–water partition coefficient (Wildman–Crippen LogP) is 5.31. The molecule has 2 N–H and O–H groups in total. The van der Waals surface area contributed by atoms with E-state index >= 15 is 0 Å². The van der Waals surface area contributed by atoms with E-state index in [1.165, 1.54) is 6.07 Å². The van der Waals surface area contributed by atoms with E-state index in [0.29, 0.717) is 5.56 Å². The second kappa shape index (κ2) is 7.83. The van der Waals surface area contributed by atoms with Gasteiger partial charge in [0.25, 0.3) is 0 Å². The normalized spacial score (nSPS) is 20.6. The van der Waals surface area contributed by atoms with E-state index in [1.54, 1.807) is 27.7 Å². The van der Waals surface area contributed by atoms with Crippen LogP contribution in [0.5, 0.6) is 17.2 Å². The lowest BCUT2D eigenvalue weighted by Gasteiger charge is -2.44. The largest absolute Gasteiger partial charge is 0.507 e. The summed E-state index contributed by atoms with van der Waals surface area (Å²) in [5.41, 5.74) is -1.36. The highest BCUT2D eigenvalue weighted by Gasteiger charge is 2.57. The quantitative estimate of drug-likeness (QED) is 0.472. The number of allylic oxidation sites excluding steroid dienone is 2. The zero-order valence-electron chi connectivity index (χ0n) is 20.4. The third-order valence-electron chi connectivity index (χ3n) is 6.84. The van der Waals surface area contributed by atoms with Crippen LogP contribution in [0.25, 0.3) is 0 Å². The van der Waals surface area contributed by atoms with E-state index in [1.807, 2.05) is 44.2 Å². The second-order valence-corrected chi connectivity index (χ2v) is 10.6.